The van der Waals surface area contributed by atoms with Crippen molar-refractivity contribution in [3.8, 4) is 11.3 Å². The Morgan fingerprint density at radius 2 is 1.61 bits per heavy atom. The molecule has 1 aromatic heterocycles. The van der Waals surface area contributed by atoms with Crippen molar-refractivity contribution in [1.82, 2.24) is 9.88 Å². The van der Waals surface area contributed by atoms with Gasteiger partial charge >= 0.3 is 0 Å². The number of amides is 1. The molecule has 0 aliphatic heterocycles. The molecule has 146 valence electrons. The van der Waals surface area contributed by atoms with Crippen molar-refractivity contribution < 1.29 is 4.79 Å². The Morgan fingerprint density at radius 3 is 2.21 bits per heavy atom. The number of nitrogens with zero attached hydrogens (tertiary/aromatic N) is 2. The first kappa shape index (κ1) is 20.5. The van der Waals surface area contributed by atoms with Crippen LogP contribution in [0.15, 0.2) is 59.1 Å². The molecule has 0 spiro atoms. The molecule has 3 rings (SSSR count). The molecule has 0 N–H and O–H groups in total. The maximum absolute atomic E-state index is 13.7. The van der Waals surface area contributed by atoms with Crippen LogP contribution in [0, 0.1) is 0 Å². The number of hydrogen-bond acceptors (Lipinski definition) is 2. The first-order valence-electron chi connectivity index (χ1n) is 9.94. The Balaban J connectivity index is 2.18. The van der Waals surface area contributed by atoms with Crippen LogP contribution in [0.25, 0.3) is 22.2 Å². The van der Waals surface area contributed by atoms with Crippen molar-refractivity contribution in [1.29, 1.82) is 0 Å². The first-order chi connectivity index (χ1) is 13.5. The Morgan fingerprint density at radius 1 is 1.00 bits per heavy atom. The minimum absolute atomic E-state index is 0.0839. The standard InChI is InChI=1S/C24H27BrN2O/c1-5-16(3)27(17(4)6-2)24(28)21-15-23(18-11-13-19(25)14-12-18)26-22-10-8-7-9-20(21)22/h7-17H,5-6H2,1-4H3. The van der Waals surface area contributed by atoms with Gasteiger partial charge in [-0.1, -0.05) is 60.1 Å². The summed E-state index contributed by atoms with van der Waals surface area (Å²) in [5, 5.41) is 0.907. The second kappa shape index (κ2) is 8.87. The molecule has 0 saturated carbocycles. The molecule has 3 aromatic rings. The van der Waals surface area contributed by atoms with Gasteiger partial charge in [0.25, 0.3) is 5.91 Å². The summed E-state index contributed by atoms with van der Waals surface area (Å²) < 4.78 is 1.02. The number of aromatic nitrogens is 1. The third-order valence-corrected chi connectivity index (χ3v) is 5.98. The van der Waals surface area contributed by atoms with Crippen molar-refractivity contribution in [2.24, 2.45) is 0 Å². The minimum atomic E-state index is 0.0839. The summed E-state index contributed by atoms with van der Waals surface area (Å²) in [6, 6.07) is 18.3. The van der Waals surface area contributed by atoms with Crippen molar-refractivity contribution in [2.75, 3.05) is 0 Å². The Hall–Kier alpha value is -2.20. The second-order valence-corrected chi connectivity index (χ2v) is 8.22. The summed E-state index contributed by atoms with van der Waals surface area (Å²) in [6.45, 7) is 8.52. The van der Waals surface area contributed by atoms with E-state index in [1.165, 1.54) is 0 Å². The zero-order chi connectivity index (χ0) is 20.3. The van der Waals surface area contributed by atoms with E-state index >= 15 is 0 Å². The number of carbonyl (C=O) groups is 1. The van der Waals surface area contributed by atoms with Crippen LogP contribution in [0.4, 0.5) is 0 Å². The van der Waals surface area contributed by atoms with E-state index in [1.807, 2.05) is 59.5 Å². The lowest BCUT2D eigenvalue weighted by atomic mass is 10.0. The van der Waals surface area contributed by atoms with E-state index in [2.05, 4.69) is 43.6 Å². The summed E-state index contributed by atoms with van der Waals surface area (Å²) >= 11 is 3.48. The normalized spacial score (nSPS) is 13.3. The molecule has 0 fully saturated rings. The maximum atomic E-state index is 13.7. The Kier molecular flexibility index (Phi) is 6.50. The zero-order valence-corrected chi connectivity index (χ0v) is 18.5. The number of fused-ring (bicyclic) bond motifs is 1. The van der Waals surface area contributed by atoms with Gasteiger partial charge < -0.3 is 4.90 Å². The quantitative estimate of drug-likeness (QED) is 0.428. The highest BCUT2D eigenvalue weighted by molar-refractivity contribution is 9.10. The van der Waals surface area contributed by atoms with Crippen LogP contribution in [-0.2, 0) is 0 Å². The lowest BCUT2D eigenvalue weighted by Crippen LogP contribution is -2.44. The largest absolute Gasteiger partial charge is 0.333 e. The molecule has 28 heavy (non-hydrogen) atoms. The smallest absolute Gasteiger partial charge is 0.255 e. The predicted molar refractivity (Wildman–Crippen MR) is 121 cm³/mol. The van der Waals surface area contributed by atoms with Crippen molar-refractivity contribution in [2.45, 2.75) is 52.6 Å². The minimum Gasteiger partial charge on any atom is -0.333 e. The SMILES string of the molecule is CCC(C)N(C(=O)c1cc(-c2ccc(Br)cc2)nc2ccccc12)C(C)CC. The number of carbonyl (C=O) groups excluding carboxylic acids is 1. The monoisotopic (exact) mass is 438 g/mol. The third kappa shape index (κ3) is 4.12. The molecule has 0 saturated heterocycles. The average Bonchev–Trinajstić information content (AvgIpc) is 2.73. The molecule has 1 amide bonds. The molecular weight excluding hydrogens is 412 g/mol. The molecule has 1 heterocycles. The van der Waals surface area contributed by atoms with Gasteiger partial charge in [-0.3, -0.25) is 4.79 Å². The van der Waals surface area contributed by atoms with Gasteiger partial charge in [-0.05, 0) is 51.0 Å². The summed E-state index contributed by atoms with van der Waals surface area (Å²) in [5.41, 5.74) is 3.40. The lowest BCUT2D eigenvalue weighted by molar-refractivity contribution is 0.0600. The van der Waals surface area contributed by atoms with E-state index in [0.717, 1.165) is 45.0 Å². The number of para-hydroxylation sites is 1. The van der Waals surface area contributed by atoms with Gasteiger partial charge in [-0.25, -0.2) is 4.98 Å². The van der Waals surface area contributed by atoms with Gasteiger partial charge in [0.1, 0.15) is 0 Å². The number of hydrogen-bond donors (Lipinski definition) is 0. The molecule has 0 radical (unpaired) electrons. The Labute approximate surface area is 175 Å². The van der Waals surface area contributed by atoms with Crippen molar-refractivity contribution >= 4 is 32.7 Å². The molecular formula is C24H27BrN2O. The highest BCUT2D eigenvalue weighted by Gasteiger charge is 2.26. The molecule has 2 atom stereocenters. The summed E-state index contributed by atoms with van der Waals surface area (Å²) in [4.78, 5) is 20.5. The van der Waals surface area contributed by atoms with Crippen LogP contribution < -0.4 is 0 Å². The van der Waals surface area contributed by atoms with Crippen LogP contribution in [-0.4, -0.2) is 27.9 Å². The van der Waals surface area contributed by atoms with Gasteiger partial charge in [-0.15, -0.1) is 0 Å². The molecule has 2 aromatic carbocycles. The van der Waals surface area contributed by atoms with Gasteiger partial charge in [0.2, 0.25) is 0 Å². The van der Waals surface area contributed by atoms with Crippen LogP contribution in [0.2, 0.25) is 0 Å². The average molecular weight is 439 g/mol. The van der Waals surface area contributed by atoms with Gasteiger partial charge in [0.15, 0.2) is 0 Å². The van der Waals surface area contributed by atoms with Gasteiger partial charge in [0, 0.05) is 27.5 Å². The maximum Gasteiger partial charge on any atom is 0.255 e. The fourth-order valence-electron chi connectivity index (χ4n) is 3.49. The van der Waals surface area contributed by atoms with Gasteiger partial charge in [0.05, 0.1) is 16.8 Å². The second-order valence-electron chi connectivity index (χ2n) is 7.31. The molecule has 0 aliphatic carbocycles. The number of benzene rings is 2. The predicted octanol–water partition coefficient (Wildman–Crippen LogP) is 6.70. The summed E-state index contributed by atoms with van der Waals surface area (Å²) in [7, 11) is 0. The Bertz CT molecular complexity index is 958. The van der Waals surface area contributed by atoms with Crippen LogP contribution in [0.3, 0.4) is 0 Å². The van der Waals surface area contributed by atoms with E-state index in [-0.39, 0.29) is 18.0 Å². The van der Waals surface area contributed by atoms with Crippen LogP contribution in [0.1, 0.15) is 50.9 Å². The molecule has 0 aliphatic rings. The molecule has 4 heteroatoms. The van der Waals surface area contributed by atoms with E-state index in [0.29, 0.717) is 0 Å². The van der Waals surface area contributed by atoms with E-state index in [9.17, 15) is 4.79 Å². The zero-order valence-electron chi connectivity index (χ0n) is 16.9. The van der Waals surface area contributed by atoms with Gasteiger partial charge in [-0.2, -0.15) is 0 Å². The third-order valence-electron chi connectivity index (χ3n) is 5.45. The van der Waals surface area contributed by atoms with E-state index < -0.39 is 0 Å². The fourth-order valence-corrected chi connectivity index (χ4v) is 3.75. The fraction of sp³-hybridized carbons (Fsp3) is 0.333. The number of rotatable bonds is 6. The molecule has 3 nitrogen and oxygen atoms in total. The van der Waals surface area contributed by atoms with Crippen molar-refractivity contribution in [3.63, 3.8) is 0 Å². The van der Waals surface area contributed by atoms with Crippen LogP contribution >= 0.6 is 15.9 Å². The first-order valence-corrected chi connectivity index (χ1v) is 10.7. The van der Waals surface area contributed by atoms with E-state index in [1.54, 1.807) is 0 Å². The topological polar surface area (TPSA) is 33.2 Å². The molecule has 2 unspecified atom stereocenters. The summed E-state index contributed by atoms with van der Waals surface area (Å²) in [5.74, 6) is 0.0839. The van der Waals surface area contributed by atoms with Crippen molar-refractivity contribution in [3.05, 3.63) is 64.6 Å². The highest BCUT2D eigenvalue weighted by Crippen LogP contribution is 2.28. The highest BCUT2D eigenvalue weighted by atomic mass is 79.9. The number of halogens is 1. The lowest BCUT2D eigenvalue weighted by Gasteiger charge is -2.34. The number of pyridine rings is 1. The summed E-state index contributed by atoms with van der Waals surface area (Å²) in [6.07, 6.45) is 1.86. The molecule has 0 bridgehead atoms. The van der Waals surface area contributed by atoms with E-state index in [4.69, 9.17) is 4.98 Å². The van der Waals surface area contributed by atoms with Crippen LogP contribution in [0.5, 0.6) is 0 Å².